The van der Waals surface area contributed by atoms with E-state index >= 15 is 0 Å². The van der Waals surface area contributed by atoms with E-state index in [1.807, 2.05) is 0 Å². The van der Waals surface area contributed by atoms with Gasteiger partial charge in [0.15, 0.2) is 0 Å². The number of rotatable bonds is 19. The van der Waals surface area contributed by atoms with Gasteiger partial charge < -0.3 is 0 Å². The van der Waals surface area contributed by atoms with Crippen LogP contribution in [0.15, 0.2) is 12.4 Å². The summed E-state index contributed by atoms with van der Waals surface area (Å²) in [5, 5.41) is 0. The highest BCUT2D eigenvalue weighted by Gasteiger charge is 2.11. The van der Waals surface area contributed by atoms with Gasteiger partial charge in [-0.3, -0.25) is 0 Å². The Kier molecular flexibility index (Phi) is 15.6. The molecule has 0 amide bonds. The smallest absolute Gasteiger partial charge is 0.234 e. The van der Waals surface area contributed by atoms with Crippen molar-refractivity contribution in [2.24, 2.45) is 0 Å². The van der Waals surface area contributed by atoms with Crippen LogP contribution in [-0.2, 0) is 13.1 Å². The molecule has 0 fully saturated rings. The predicted molar refractivity (Wildman–Crippen MR) is 119 cm³/mol. The SMILES string of the molecule is CCCCCCCCCCCCC[n+]1ccn(CCCCCCCC)c1C. The molecule has 0 saturated heterocycles. The lowest BCUT2D eigenvalue weighted by atomic mass is 10.1. The Morgan fingerprint density at radius 3 is 1.59 bits per heavy atom. The van der Waals surface area contributed by atoms with Gasteiger partial charge in [-0.05, 0) is 25.7 Å². The first-order chi connectivity index (χ1) is 13.3. The number of nitrogens with zero attached hydrogens (tertiary/aromatic N) is 2. The Balaban J connectivity index is 2.00. The topological polar surface area (TPSA) is 8.81 Å². The maximum absolute atomic E-state index is 2.46. The average Bonchev–Trinajstić information content (AvgIpc) is 3.02. The molecule has 0 saturated carbocycles. The molecule has 0 unspecified atom stereocenters. The third-order valence-electron chi connectivity index (χ3n) is 6.01. The van der Waals surface area contributed by atoms with E-state index in [9.17, 15) is 0 Å². The first kappa shape index (κ1) is 24.2. The number of aromatic nitrogens is 2. The zero-order chi connectivity index (χ0) is 19.6. The molecule has 0 bridgehead atoms. The largest absolute Gasteiger partial charge is 0.253 e. The van der Waals surface area contributed by atoms with Crippen molar-refractivity contribution in [1.82, 2.24) is 4.57 Å². The molecule has 0 aliphatic carbocycles. The normalized spacial score (nSPS) is 11.4. The molecule has 0 aromatic carbocycles. The van der Waals surface area contributed by atoms with Crippen LogP contribution in [0.2, 0.25) is 0 Å². The van der Waals surface area contributed by atoms with E-state index in [-0.39, 0.29) is 0 Å². The zero-order valence-corrected chi connectivity index (χ0v) is 19.0. The second kappa shape index (κ2) is 17.3. The van der Waals surface area contributed by atoms with Crippen LogP contribution in [0.3, 0.4) is 0 Å². The zero-order valence-electron chi connectivity index (χ0n) is 19.0. The van der Waals surface area contributed by atoms with E-state index < -0.39 is 0 Å². The summed E-state index contributed by atoms with van der Waals surface area (Å²) in [7, 11) is 0. The van der Waals surface area contributed by atoms with Gasteiger partial charge in [0.25, 0.3) is 5.82 Å². The summed E-state index contributed by atoms with van der Waals surface area (Å²) in [5.41, 5.74) is 0. The number of hydrogen-bond acceptors (Lipinski definition) is 0. The second-order valence-corrected chi connectivity index (χ2v) is 8.54. The van der Waals surface area contributed by atoms with Crippen LogP contribution in [0, 0.1) is 6.92 Å². The molecule has 0 atom stereocenters. The van der Waals surface area contributed by atoms with Gasteiger partial charge in [0.2, 0.25) is 0 Å². The summed E-state index contributed by atoms with van der Waals surface area (Å²) in [5.74, 6) is 1.44. The molecule has 0 radical (unpaired) electrons. The van der Waals surface area contributed by atoms with Crippen molar-refractivity contribution in [2.75, 3.05) is 0 Å². The molecule has 1 aromatic heterocycles. The highest BCUT2D eigenvalue weighted by atomic mass is 15.1. The third-order valence-corrected chi connectivity index (χ3v) is 6.01. The molecule has 0 aliphatic heterocycles. The summed E-state index contributed by atoms with van der Waals surface area (Å²) in [4.78, 5) is 0. The number of hydrogen-bond donors (Lipinski definition) is 0. The first-order valence-electron chi connectivity index (χ1n) is 12.3. The van der Waals surface area contributed by atoms with Crippen LogP contribution < -0.4 is 4.57 Å². The molecule has 1 heterocycles. The molecule has 0 spiro atoms. The lowest BCUT2D eigenvalue weighted by molar-refractivity contribution is -0.702. The van der Waals surface area contributed by atoms with Gasteiger partial charge in [-0.2, -0.15) is 0 Å². The Morgan fingerprint density at radius 1 is 0.630 bits per heavy atom. The Hall–Kier alpha value is -0.790. The Labute approximate surface area is 170 Å². The van der Waals surface area contributed by atoms with Crippen molar-refractivity contribution in [2.45, 2.75) is 143 Å². The van der Waals surface area contributed by atoms with Gasteiger partial charge in [-0.15, -0.1) is 0 Å². The van der Waals surface area contributed by atoms with Crippen LogP contribution in [-0.4, -0.2) is 4.57 Å². The maximum Gasteiger partial charge on any atom is 0.253 e. The molecular weight excluding hydrogens is 328 g/mol. The highest BCUT2D eigenvalue weighted by Crippen LogP contribution is 2.11. The van der Waals surface area contributed by atoms with Gasteiger partial charge in [0, 0.05) is 6.92 Å². The first-order valence-corrected chi connectivity index (χ1v) is 12.3. The fraction of sp³-hybridized carbons (Fsp3) is 0.880. The molecule has 158 valence electrons. The van der Waals surface area contributed by atoms with Gasteiger partial charge >= 0.3 is 0 Å². The molecular formula is C25H49N2+. The quantitative estimate of drug-likeness (QED) is 0.172. The molecule has 2 nitrogen and oxygen atoms in total. The Bertz CT molecular complexity index is 436. The third kappa shape index (κ3) is 12.3. The minimum absolute atomic E-state index is 1.20. The fourth-order valence-electron chi connectivity index (χ4n) is 4.02. The lowest BCUT2D eigenvalue weighted by Gasteiger charge is -2.03. The van der Waals surface area contributed by atoms with Gasteiger partial charge in [-0.25, -0.2) is 9.13 Å². The second-order valence-electron chi connectivity index (χ2n) is 8.54. The number of imidazole rings is 1. The Morgan fingerprint density at radius 2 is 1.07 bits per heavy atom. The highest BCUT2D eigenvalue weighted by molar-refractivity contribution is 4.79. The summed E-state index contributed by atoms with van der Waals surface area (Å²) in [6.45, 7) is 9.27. The minimum atomic E-state index is 1.20. The van der Waals surface area contributed by atoms with Crippen molar-refractivity contribution in [3.63, 3.8) is 0 Å². The van der Waals surface area contributed by atoms with Crippen molar-refractivity contribution >= 4 is 0 Å². The standard InChI is InChI=1S/C25H49N2/c1-4-6-8-10-12-13-14-15-16-18-20-22-27-24-23-26(25(27)3)21-19-17-11-9-7-5-2/h23-24H,4-22H2,1-3H3/q+1. The molecule has 27 heavy (non-hydrogen) atoms. The molecule has 0 N–H and O–H groups in total. The number of aryl methyl sites for hydroxylation is 2. The molecule has 1 aromatic rings. The summed E-state index contributed by atoms with van der Waals surface area (Å²) in [6.07, 6.45) is 28.5. The summed E-state index contributed by atoms with van der Waals surface area (Å²) in [6, 6.07) is 0. The van der Waals surface area contributed by atoms with E-state index in [1.165, 1.54) is 128 Å². The van der Waals surface area contributed by atoms with E-state index in [2.05, 4.69) is 42.3 Å². The van der Waals surface area contributed by atoms with Crippen molar-refractivity contribution in [1.29, 1.82) is 0 Å². The molecule has 2 heteroatoms. The predicted octanol–water partition coefficient (Wildman–Crippen LogP) is 7.76. The van der Waals surface area contributed by atoms with E-state index in [4.69, 9.17) is 0 Å². The van der Waals surface area contributed by atoms with Crippen LogP contribution in [0.5, 0.6) is 0 Å². The number of unbranched alkanes of at least 4 members (excludes halogenated alkanes) is 15. The van der Waals surface area contributed by atoms with E-state index in [0.29, 0.717) is 0 Å². The van der Waals surface area contributed by atoms with Crippen LogP contribution >= 0.6 is 0 Å². The lowest BCUT2D eigenvalue weighted by Crippen LogP contribution is -2.35. The monoisotopic (exact) mass is 377 g/mol. The maximum atomic E-state index is 2.46. The van der Waals surface area contributed by atoms with Crippen LogP contribution in [0.25, 0.3) is 0 Å². The minimum Gasteiger partial charge on any atom is -0.234 e. The van der Waals surface area contributed by atoms with Crippen LogP contribution in [0.1, 0.15) is 129 Å². The summed E-state index contributed by atoms with van der Waals surface area (Å²) >= 11 is 0. The van der Waals surface area contributed by atoms with E-state index in [1.54, 1.807) is 0 Å². The van der Waals surface area contributed by atoms with Crippen molar-refractivity contribution in [3.05, 3.63) is 18.2 Å². The average molecular weight is 378 g/mol. The molecule has 0 aliphatic rings. The van der Waals surface area contributed by atoms with Crippen molar-refractivity contribution < 1.29 is 4.57 Å². The van der Waals surface area contributed by atoms with E-state index in [0.717, 1.165) is 0 Å². The van der Waals surface area contributed by atoms with Gasteiger partial charge in [0.05, 0.1) is 13.1 Å². The fourth-order valence-corrected chi connectivity index (χ4v) is 4.02. The summed E-state index contributed by atoms with van der Waals surface area (Å²) < 4.78 is 4.92. The van der Waals surface area contributed by atoms with Crippen LogP contribution in [0.4, 0.5) is 0 Å². The van der Waals surface area contributed by atoms with Crippen molar-refractivity contribution in [3.8, 4) is 0 Å². The van der Waals surface area contributed by atoms with Gasteiger partial charge in [-0.1, -0.05) is 97.3 Å². The van der Waals surface area contributed by atoms with Gasteiger partial charge in [0.1, 0.15) is 12.4 Å². The molecule has 1 rings (SSSR count).